The zero-order valence-electron chi connectivity index (χ0n) is 8.58. The highest BCUT2D eigenvalue weighted by Crippen LogP contribution is 2.29. The Bertz CT molecular complexity index is 509. The molecular formula is C12H10FIOS. The zero-order valence-corrected chi connectivity index (χ0v) is 11.5. The summed E-state index contributed by atoms with van der Waals surface area (Å²) in [6, 6.07) is 6.40. The third-order valence-electron chi connectivity index (χ3n) is 2.44. The average Bonchev–Trinajstić information content (AvgIpc) is 2.67. The summed E-state index contributed by atoms with van der Waals surface area (Å²) in [6.45, 7) is 1.87. The smallest absolute Gasteiger partial charge is 0.123 e. The second kappa shape index (κ2) is 4.81. The van der Waals surface area contributed by atoms with E-state index < -0.39 is 6.10 Å². The fraction of sp³-hybridized carbons (Fsp3) is 0.167. The van der Waals surface area contributed by atoms with Crippen LogP contribution in [0.25, 0.3) is 0 Å². The Kier molecular flexibility index (Phi) is 3.61. The van der Waals surface area contributed by atoms with Crippen LogP contribution in [0.15, 0.2) is 29.6 Å². The molecule has 0 bridgehead atoms. The summed E-state index contributed by atoms with van der Waals surface area (Å²) in [5, 5.41) is 12.0. The first-order valence-electron chi connectivity index (χ1n) is 4.76. The van der Waals surface area contributed by atoms with Gasteiger partial charge in [0, 0.05) is 0 Å². The minimum absolute atomic E-state index is 0.315. The van der Waals surface area contributed by atoms with E-state index in [0.29, 0.717) is 5.56 Å². The van der Waals surface area contributed by atoms with Gasteiger partial charge in [-0.15, -0.1) is 11.3 Å². The standard InChI is InChI=1S/C12H10FIOS/c1-7-2-3-9(13)5-10(7)12(15)8-4-11(14)16-6-8/h2-6,12,15H,1H3. The van der Waals surface area contributed by atoms with Crippen molar-refractivity contribution in [1.82, 2.24) is 0 Å². The summed E-state index contributed by atoms with van der Waals surface area (Å²) in [5.41, 5.74) is 2.35. The van der Waals surface area contributed by atoms with Gasteiger partial charge >= 0.3 is 0 Å². The lowest BCUT2D eigenvalue weighted by atomic mass is 9.99. The van der Waals surface area contributed by atoms with Gasteiger partial charge in [-0.2, -0.15) is 0 Å². The van der Waals surface area contributed by atoms with Crippen LogP contribution in [0, 0.1) is 15.6 Å². The van der Waals surface area contributed by atoms with Crippen LogP contribution in [0.5, 0.6) is 0 Å². The minimum atomic E-state index is -0.740. The largest absolute Gasteiger partial charge is 0.384 e. The summed E-state index contributed by atoms with van der Waals surface area (Å²) in [5.74, 6) is -0.315. The number of rotatable bonds is 2. The average molecular weight is 348 g/mol. The highest BCUT2D eigenvalue weighted by atomic mass is 127. The Labute approximate surface area is 111 Å². The lowest BCUT2D eigenvalue weighted by molar-refractivity contribution is 0.219. The number of halogens is 2. The highest BCUT2D eigenvalue weighted by molar-refractivity contribution is 14.1. The SMILES string of the molecule is Cc1ccc(F)cc1C(O)c1csc(I)c1. The molecule has 0 spiro atoms. The van der Waals surface area contributed by atoms with Gasteiger partial charge in [0.15, 0.2) is 0 Å². The van der Waals surface area contributed by atoms with E-state index in [4.69, 9.17) is 0 Å². The van der Waals surface area contributed by atoms with Crippen molar-refractivity contribution in [1.29, 1.82) is 0 Å². The third-order valence-corrected chi connectivity index (χ3v) is 4.25. The molecule has 0 saturated heterocycles. The van der Waals surface area contributed by atoms with Gasteiger partial charge in [-0.25, -0.2) is 4.39 Å². The normalized spacial score (nSPS) is 12.8. The molecule has 2 rings (SSSR count). The van der Waals surface area contributed by atoms with Crippen LogP contribution >= 0.6 is 33.9 Å². The molecular weight excluding hydrogens is 338 g/mol. The third kappa shape index (κ3) is 2.44. The topological polar surface area (TPSA) is 20.2 Å². The molecule has 0 saturated carbocycles. The van der Waals surface area contributed by atoms with Gasteiger partial charge in [0.1, 0.15) is 11.9 Å². The molecule has 1 aromatic heterocycles. The molecule has 0 fully saturated rings. The van der Waals surface area contributed by atoms with Crippen LogP contribution in [0.3, 0.4) is 0 Å². The van der Waals surface area contributed by atoms with Gasteiger partial charge in [-0.3, -0.25) is 0 Å². The van der Waals surface area contributed by atoms with Crippen molar-refractivity contribution in [3.05, 3.63) is 55.0 Å². The molecule has 1 nitrogen and oxygen atoms in total. The Hall–Kier alpha value is -0.460. The molecule has 1 unspecified atom stereocenters. The second-order valence-electron chi connectivity index (χ2n) is 3.59. The lowest BCUT2D eigenvalue weighted by Gasteiger charge is -2.12. The molecule has 1 heterocycles. The molecule has 2 aromatic rings. The first kappa shape index (κ1) is 12.0. The van der Waals surface area contributed by atoms with Crippen LogP contribution in [0.2, 0.25) is 0 Å². The fourth-order valence-corrected chi connectivity index (χ4v) is 2.94. The summed E-state index contributed by atoms with van der Waals surface area (Å²) in [6.07, 6.45) is -0.740. The van der Waals surface area contributed by atoms with Crippen molar-refractivity contribution < 1.29 is 9.50 Å². The Morgan fingerprint density at radius 1 is 1.38 bits per heavy atom. The summed E-state index contributed by atoms with van der Waals surface area (Å²) in [7, 11) is 0. The van der Waals surface area contributed by atoms with Gasteiger partial charge in [-0.05, 0) is 69.8 Å². The van der Waals surface area contributed by atoms with E-state index in [2.05, 4.69) is 22.6 Å². The van der Waals surface area contributed by atoms with Crippen molar-refractivity contribution >= 4 is 33.9 Å². The van der Waals surface area contributed by atoms with E-state index in [0.717, 1.165) is 14.0 Å². The molecule has 0 amide bonds. The summed E-state index contributed by atoms with van der Waals surface area (Å²) < 4.78 is 14.2. The van der Waals surface area contributed by atoms with Crippen LogP contribution < -0.4 is 0 Å². The highest BCUT2D eigenvalue weighted by Gasteiger charge is 2.14. The maximum absolute atomic E-state index is 13.1. The maximum atomic E-state index is 13.1. The van der Waals surface area contributed by atoms with Crippen molar-refractivity contribution in [3.8, 4) is 0 Å². The Morgan fingerprint density at radius 2 is 2.12 bits per heavy atom. The fourth-order valence-electron chi connectivity index (χ4n) is 1.55. The van der Waals surface area contributed by atoms with E-state index in [9.17, 15) is 9.50 Å². The maximum Gasteiger partial charge on any atom is 0.123 e. The van der Waals surface area contributed by atoms with Crippen LogP contribution in [0.4, 0.5) is 4.39 Å². The summed E-state index contributed by atoms with van der Waals surface area (Å²) >= 11 is 3.77. The predicted molar refractivity (Wildman–Crippen MR) is 72.2 cm³/mol. The number of aliphatic hydroxyl groups excluding tert-OH is 1. The van der Waals surface area contributed by atoms with Gasteiger partial charge < -0.3 is 5.11 Å². The zero-order chi connectivity index (χ0) is 11.7. The molecule has 4 heteroatoms. The molecule has 0 aliphatic heterocycles. The van der Waals surface area contributed by atoms with Crippen LogP contribution in [-0.2, 0) is 0 Å². The molecule has 84 valence electrons. The molecule has 0 aliphatic carbocycles. The first-order chi connectivity index (χ1) is 7.58. The van der Waals surface area contributed by atoms with E-state index in [1.54, 1.807) is 17.4 Å². The molecule has 1 atom stereocenters. The monoisotopic (exact) mass is 348 g/mol. The molecule has 0 aliphatic rings. The Balaban J connectivity index is 2.40. The number of hydrogen-bond acceptors (Lipinski definition) is 2. The molecule has 0 radical (unpaired) electrons. The van der Waals surface area contributed by atoms with Gasteiger partial charge in [0.2, 0.25) is 0 Å². The number of thiophene rings is 1. The quantitative estimate of drug-likeness (QED) is 0.817. The van der Waals surface area contributed by atoms with Crippen molar-refractivity contribution in [3.63, 3.8) is 0 Å². The Morgan fingerprint density at radius 3 is 2.75 bits per heavy atom. The van der Waals surface area contributed by atoms with E-state index in [1.165, 1.54) is 12.1 Å². The van der Waals surface area contributed by atoms with Crippen LogP contribution in [0.1, 0.15) is 22.8 Å². The van der Waals surface area contributed by atoms with Crippen LogP contribution in [-0.4, -0.2) is 5.11 Å². The second-order valence-corrected chi connectivity index (χ2v) is 6.39. The summed E-state index contributed by atoms with van der Waals surface area (Å²) in [4.78, 5) is 0. The molecule has 1 aromatic carbocycles. The van der Waals surface area contributed by atoms with E-state index in [-0.39, 0.29) is 5.82 Å². The van der Waals surface area contributed by atoms with Crippen molar-refractivity contribution in [2.45, 2.75) is 13.0 Å². The van der Waals surface area contributed by atoms with Crippen molar-refractivity contribution in [2.75, 3.05) is 0 Å². The van der Waals surface area contributed by atoms with Gasteiger partial charge in [-0.1, -0.05) is 6.07 Å². The van der Waals surface area contributed by atoms with Gasteiger partial charge in [0.05, 0.1) is 2.88 Å². The number of aliphatic hydroxyl groups is 1. The molecule has 16 heavy (non-hydrogen) atoms. The minimum Gasteiger partial charge on any atom is -0.384 e. The van der Waals surface area contributed by atoms with E-state index >= 15 is 0 Å². The molecule has 1 N–H and O–H groups in total. The first-order valence-corrected chi connectivity index (χ1v) is 6.72. The predicted octanol–water partition coefficient (Wildman–Crippen LogP) is 3.88. The number of benzene rings is 1. The number of aryl methyl sites for hydroxylation is 1. The van der Waals surface area contributed by atoms with Gasteiger partial charge in [0.25, 0.3) is 0 Å². The van der Waals surface area contributed by atoms with E-state index in [1.807, 2.05) is 18.4 Å². The van der Waals surface area contributed by atoms with Crippen molar-refractivity contribution in [2.24, 2.45) is 0 Å². The lowest BCUT2D eigenvalue weighted by Crippen LogP contribution is -2.01. The number of hydrogen-bond donors (Lipinski definition) is 1.